The SMILES string of the molecule is CN=C(NCCCn1cnc2ccccc21)NCc1nc(C(C)C)cs1.I. The summed E-state index contributed by atoms with van der Waals surface area (Å²) in [6, 6.07) is 8.21. The van der Waals surface area contributed by atoms with Crippen LogP contribution in [0, 0.1) is 0 Å². The van der Waals surface area contributed by atoms with Crippen LogP contribution in [-0.4, -0.2) is 34.1 Å². The number of aromatic nitrogens is 3. The Morgan fingerprint density at radius 3 is 2.81 bits per heavy atom. The van der Waals surface area contributed by atoms with Crippen LogP contribution in [0.5, 0.6) is 0 Å². The highest BCUT2D eigenvalue weighted by atomic mass is 127. The molecule has 8 heteroatoms. The van der Waals surface area contributed by atoms with Gasteiger partial charge in [-0.05, 0) is 24.5 Å². The third-order valence-corrected chi connectivity index (χ3v) is 5.05. The molecule has 0 radical (unpaired) electrons. The van der Waals surface area contributed by atoms with Crippen molar-refractivity contribution in [1.29, 1.82) is 0 Å². The van der Waals surface area contributed by atoms with Crippen LogP contribution in [0.3, 0.4) is 0 Å². The summed E-state index contributed by atoms with van der Waals surface area (Å²) in [5.74, 6) is 1.28. The molecular weight excluding hydrogens is 471 g/mol. The van der Waals surface area contributed by atoms with Crippen LogP contribution in [0.4, 0.5) is 0 Å². The van der Waals surface area contributed by atoms with Crippen LogP contribution >= 0.6 is 35.3 Å². The molecule has 6 nitrogen and oxygen atoms in total. The number of benzene rings is 1. The lowest BCUT2D eigenvalue weighted by Crippen LogP contribution is -2.37. The van der Waals surface area contributed by atoms with Gasteiger partial charge in [0.1, 0.15) is 5.01 Å². The first-order valence-corrected chi connectivity index (χ1v) is 9.84. The highest BCUT2D eigenvalue weighted by Gasteiger charge is 2.06. The Balaban J connectivity index is 0.00000261. The molecule has 2 heterocycles. The minimum atomic E-state index is 0. The van der Waals surface area contributed by atoms with E-state index in [4.69, 9.17) is 0 Å². The van der Waals surface area contributed by atoms with Gasteiger partial charge >= 0.3 is 0 Å². The van der Waals surface area contributed by atoms with Gasteiger partial charge in [0.25, 0.3) is 0 Å². The number of thiazole rings is 1. The molecule has 0 bridgehead atoms. The van der Waals surface area contributed by atoms with Crippen molar-refractivity contribution in [1.82, 2.24) is 25.2 Å². The summed E-state index contributed by atoms with van der Waals surface area (Å²) in [6.07, 6.45) is 2.91. The van der Waals surface area contributed by atoms with Crippen molar-refractivity contribution in [3.8, 4) is 0 Å². The smallest absolute Gasteiger partial charge is 0.191 e. The van der Waals surface area contributed by atoms with E-state index >= 15 is 0 Å². The lowest BCUT2D eigenvalue weighted by Gasteiger charge is -2.11. The molecule has 0 aliphatic heterocycles. The number of nitrogens with one attached hydrogen (secondary N) is 2. The second-order valence-corrected chi connectivity index (χ2v) is 7.40. The van der Waals surface area contributed by atoms with Crippen molar-refractivity contribution in [2.45, 2.75) is 39.3 Å². The molecule has 2 aromatic heterocycles. The van der Waals surface area contributed by atoms with Crippen LogP contribution < -0.4 is 10.6 Å². The van der Waals surface area contributed by atoms with Crippen molar-refractivity contribution < 1.29 is 0 Å². The lowest BCUT2D eigenvalue weighted by molar-refractivity contribution is 0.637. The van der Waals surface area contributed by atoms with Gasteiger partial charge < -0.3 is 15.2 Å². The Labute approximate surface area is 181 Å². The molecule has 0 fully saturated rings. The topological polar surface area (TPSA) is 67.1 Å². The van der Waals surface area contributed by atoms with Crippen LogP contribution in [0.2, 0.25) is 0 Å². The second-order valence-electron chi connectivity index (χ2n) is 6.45. The number of para-hydroxylation sites is 2. The Morgan fingerprint density at radius 1 is 1.26 bits per heavy atom. The molecule has 0 unspecified atom stereocenters. The van der Waals surface area contributed by atoms with Crippen molar-refractivity contribution in [2.75, 3.05) is 13.6 Å². The predicted molar refractivity (Wildman–Crippen MR) is 124 cm³/mol. The third-order valence-electron chi connectivity index (χ3n) is 4.19. The number of nitrogens with zero attached hydrogens (tertiary/aromatic N) is 4. The summed E-state index contributed by atoms with van der Waals surface area (Å²) in [5, 5.41) is 9.91. The van der Waals surface area contributed by atoms with Gasteiger partial charge in [-0.25, -0.2) is 9.97 Å². The highest BCUT2D eigenvalue weighted by molar-refractivity contribution is 14.0. The summed E-state index contributed by atoms with van der Waals surface area (Å²) in [5.41, 5.74) is 3.38. The summed E-state index contributed by atoms with van der Waals surface area (Å²) >= 11 is 1.69. The first-order chi connectivity index (χ1) is 12.7. The monoisotopic (exact) mass is 498 g/mol. The van der Waals surface area contributed by atoms with Gasteiger partial charge in [0, 0.05) is 25.5 Å². The molecular formula is C19H27IN6S. The largest absolute Gasteiger partial charge is 0.356 e. The zero-order valence-electron chi connectivity index (χ0n) is 16.0. The molecule has 0 aliphatic rings. The van der Waals surface area contributed by atoms with Gasteiger partial charge in [-0.2, -0.15) is 0 Å². The predicted octanol–water partition coefficient (Wildman–Crippen LogP) is 3.99. The van der Waals surface area contributed by atoms with Gasteiger partial charge in [-0.1, -0.05) is 26.0 Å². The minimum absolute atomic E-state index is 0. The van der Waals surface area contributed by atoms with E-state index in [-0.39, 0.29) is 24.0 Å². The fourth-order valence-electron chi connectivity index (χ4n) is 2.70. The molecule has 2 N–H and O–H groups in total. The second kappa shape index (κ2) is 10.6. The fraction of sp³-hybridized carbons (Fsp3) is 0.421. The molecule has 146 valence electrons. The molecule has 1 aromatic carbocycles. The number of hydrogen-bond donors (Lipinski definition) is 2. The van der Waals surface area contributed by atoms with E-state index in [1.165, 1.54) is 5.52 Å². The van der Waals surface area contributed by atoms with E-state index in [9.17, 15) is 0 Å². The van der Waals surface area contributed by atoms with Gasteiger partial charge in [-0.15, -0.1) is 35.3 Å². The average Bonchev–Trinajstić information content (AvgIpc) is 3.28. The normalized spacial score (nSPS) is 11.6. The molecule has 3 rings (SSSR count). The van der Waals surface area contributed by atoms with Crippen LogP contribution in [-0.2, 0) is 13.1 Å². The standard InChI is InChI=1S/C19H26N6S.HI/c1-14(2)16-12-26-18(24-16)11-22-19(20-3)21-9-6-10-25-13-23-15-7-4-5-8-17(15)25;/h4-5,7-8,12-14H,6,9-11H2,1-3H3,(H2,20,21,22);1H. The van der Waals surface area contributed by atoms with Crippen molar-refractivity contribution in [2.24, 2.45) is 4.99 Å². The maximum atomic E-state index is 4.64. The number of aryl methyl sites for hydroxylation is 1. The summed E-state index contributed by atoms with van der Waals surface area (Å²) in [6.45, 7) is 6.80. The fourth-order valence-corrected chi connectivity index (χ4v) is 3.59. The van der Waals surface area contributed by atoms with Gasteiger partial charge in [0.2, 0.25) is 0 Å². The molecule has 0 aliphatic carbocycles. The minimum Gasteiger partial charge on any atom is -0.356 e. The zero-order chi connectivity index (χ0) is 18.4. The molecule has 0 saturated heterocycles. The number of guanidine groups is 1. The molecule has 0 atom stereocenters. The number of fused-ring (bicyclic) bond motifs is 1. The van der Waals surface area contributed by atoms with E-state index < -0.39 is 0 Å². The third kappa shape index (κ3) is 5.90. The first kappa shape index (κ1) is 21.6. The van der Waals surface area contributed by atoms with Crippen LogP contribution in [0.25, 0.3) is 11.0 Å². The van der Waals surface area contributed by atoms with Gasteiger partial charge in [0.15, 0.2) is 5.96 Å². The van der Waals surface area contributed by atoms with Crippen LogP contribution in [0.1, 0.15) is 36.9 Å². The summed E-state index contributed by atoms with van der Waals surface area (Å²) < 4.78 is 2.19. The van der Waals surface area contributed by atoms with E-state index in [1.807, 2.05) is 24.5 Å². The lowest BCUT2D eigenvalue weighted by atomic mass is 10.2. The Bertz CT molecular complexity index is 870. The number of rotatable bonds is 7. The maximum Gasteiger partial charge on any atom is 0.191 e. The Kier molecular flexibility index (Phi) is 8.49. The molecule has 27 heavy (non-hydrogen) atoms. The first-order valence-electron chi connectivity index (χ1n) is 8.96. The van der Waals surface area contributed by atoms with Gasteiger partial charge in [-0.3, -0.25) is 4.99 Å². The van der Waals surface area contributed by atoms with E-state index in [1.54, 1.807) is 18.4 Å². The van der Waals surface area contributed by atoms with Crippen molar-refractivity contribution in [3.05, 3.63) is 46.7 Å². The number of halogens is 1. The number of hydrogen-bond acceptors (Lipinski definition) is 4. The number of imidazole rings is 1. The van der Waals surface area contributed by atoms with E-state index in [0.717, 1.165) is 41.7 Å². The van der Waals surface area contributed by atoms with E-state index in [2.05, 4.69) is 55.5 Å². The van der Waals surface area contributed by atoms with Gasteiger partial charge in [0.05, 0.1) is 29.6 Å². The summed E-state index contributed by atoms with van der Waals surface area (Å²) in [4.78, 5) is 13.3. The molecule has 3 aromatic rings. The maximum absolute atomic E-state index is 4.64. The highest BCUT2D eigenvalue weighted by Crippen LogP contribution is 2.17. The molecule has 0 amide bonds. The van der Waals surface area contributed by atoms with Crippen LogP contribution in [0.15, 0.2) is 41.0 Å². The molecule has 0 spiro atoms. The Morgan fingerprint density at radius 2 is 2.07 bits per heavy atom. The summed E-state index contributed by atoms with van der Waals surface area (Å²) in [7, 11) is 1.79. The average molecular weight is 498 g/mol. The van der Waals surface area contributed by atoms with Crippen molar-refractivity contribution in [3.63, 3.8) is 0 Å². The quantitative estimate of drug-likeness (QED) is 0.224. The van der Waals surface area contributed by atoms with E-state index in [0.29, 0.717) is 12.5 Å². The zero-order valence-corrected chi connectivity index (χ0v) is 19.1. The van der Waals surface area contributed by atoms with Crippen molar-refractivity contribution >= 4 is 52.3 Å². The molecule has 0 saturated carbocycles. The number of aliphatic imine (C=N–C) groups is 1. The Hall–Kier alpha value is -1.68.